The van der Waals surface area contributed by atoms with Gasteiger partial charge in [0.05, 0.1) is 10.7 Å². The number of rotatable bonds is 5. The minimum absolute atomic E-state index is 0.318. The van der Waals surface area contributed by atoms with Crippen molar-refractivity contribution in [3.05, 3.63) is 49.6 Å². The quantitative estimate of drug-likeness (QED) is 0.773. The number of anilines is 1. The molecule has 122 valence electrons. The second-order valence-electron chi connectivity index (χ2n) is 4.79. The molecule has 0 unspecified atom stereocenters. The highest BCUT2D eigenvalue weighted by Crippen LogP contribution is 2.25. The number of benzene rings is 1. The molecule has 1 aromatic carbocycles. The molecule has 23 heavy (non-hydrogen) atoms. The number of esters is 1. The van der Waals surface area contributed by atoms with Crippen molar-refractivity contribution in [2.24, 2.45) is 0 Å². The van der Waals surface area contributed by atoms with Crippen molar-refractivity contribution < 1.29 is 14.3 Å². The Morgan fingerprint density at radius 1 is 1.26 bits per heavy atom. The van der Waals surface area contributed by atoms with Gasteiger partial charge in [-0.15, -0.1) is 11.3 Å². The van der Waals surface area contributed by atoms with Crippen molar-refractivity contribution in [3.8, 4) is 0 Å². The van der Waals surface area contributed by atoms with Crippen LogP contribution in [0.4, 0.5) is 5.69 Å². The number of ether oxygens (including phenoxy) is 1. The number of hydrogen-bond acceptors (Lipinski definition) is 4. The number of thiophene rings is 1. The lowest BCUT2D eigenvalue weighted by molar-refractivity contribution is -0.119. The first-order chi connectivity index (χ1) is 10.9. The molecule has 0 bridgehead atoms. The van der Waals surface area contributed by atoms with E-state index >= 15 is 0 Å². The zero-order valence-electron chi connectivity index (χ0n) is 12.6. The molecule has 0 spiro atoms. The van der Waals surface area contributed by atoms with Gasteiger partial charge < -0.3 is 10.1 Å². The van der Waals surface area contributed by atoms with Crippen molar-refractivity contribution in [1.82, 2.24) is 0 Å². The van der Waals surface area contributed by atoms with Crippen LogP contribution in [0.2, 0.25) is 10.0 Å². The monoisotopic (exact) mass is 371 g/mol. The lowest BCUT2D eigenvalue weighted by atomic mass is 10.2. The van der Waals surface area contributed by atoms with E-state index in [2.05, 4.69) is 5.32 Å². The summed E-state index contributed by atoms with van der Waals surface area (Å²) in [7, 11) is 0. The van der Waals surface area contributed by atoms with Crippen LogP contribution in [0.5, 0.6) is 0 Å². The van der Waals surface area contributed by atoms with E-state index in [4.69, 9.17) is 27.9 Å². The Labute approximate surface area is 148 Å². The van der Waals surface area contributed by atoms with Crippen LogP contribution in [0.25, 0.3) is 0 Å². The molecular weight excluding hydrogens is 357 g/mol. The summed E-state index contributed by atoms with van der Waals surface area (Å²) in [6.45, 7) is 3.60. The van der Waals surface area contributed by atoms with Gasteiger partial charge >= 0.3 is 5.97 Å². The van der Waals surface area contributed by atoms with Gasteiger partial charge in [-0.05, 0) is 43.2 Å². The molecule has 0 aliphatic heterocycles. The van der Waals surface area contributed by atoms with Crippen LogP contribution in [0.1, 0.15) is 27.0 Å². The molecule has 0 atom stereocenters. The van der Waals surface area contributed by atoms with Gasteiger partial charge in [-0.3, -0.25) is 4.79 Å². The molecule has 1 heterocycles. The van der Waals surface area contributed by atoms with Gasteiger partial charge in [-0.25, -0.2) is 4.79 Å². The summed E-state index contributed by atoms with van der Waals surface area (Å²) in [6.07, 6.45) is 0.852. The normalized spacial score (nSPS) is 10.4. The first-order valence-electron chi connectivity index (χ1n) is 6.92. The fraction of sp³-hybridized carbons (Fsp3) is 0.250. The zero-order chi connectivity index (χ0) is 17.0. The molecular formula is C16H15Cl2NO3S. The van der Waals surface area contributed by atoms with Crippen LogP contribution in [0, 0.1) is 6.92 Å². The van der Waals surface area contributed by atoms with Gasteiger partial charge in [-0.1, -0.05) is 30.1 Å². The number of aryl methyl sites for hydroxylation is 2. The van der Waals surface area contributed by atoms with E-state index in [1.54, 1.807) is 18.2 Å². The Kier molecular flexibility index (Phi) is 6.04. The maximum atomic E-state index is 12.0. The smallest absolute Gasteiger partial charge is 0.348 e. The SMILES string of the molecule is CCc1cc(C(=O)OCC(=O)Nc2ccc(Cl)cc2Cl)sc1C. The Morgan fingerprint density at radius 2 is 2.00 bits per heavy atom. The second-order valence-corrected chi connectivity index (χ2v) is 6.89. The van der Waals surface area contributed by atoms with Gasteiger partial charge in [-0.2, -0.15) is 0 Å². The molecule has 0 fully saturated rings. The Balaban J connectivity index is 1.91. The molecule has 1 N–H and O–H groups in total. The number of carbonyl (C=O) groups is 2. The first-order valence-corrected chi connectivity index (χ1v) is 8.49. The molecule has 1 aromatic heterocycles. The summed E-state index contributed by atoms with van der Waals surface area (Å²) in [5, 5.41) is 3.36. The Hall–Kier alpha value is -1.56. The largest absolute Gasteiger partial charge is 0.451 e. The third-order valence-electron chi connectivity index (χ3n) is 3.14. The highest BCUT2D eigenvalue weighted by Gasteiger charge is 2.15. The molecule has 0 saturated heterocycles. The van der Waals surface area contributed by atoms with Crippen LogP contribution in [0.15, 0.2) is 24.3 Å². The standard InChI is InChI=1S/C16H15Cl2NO3S/c1-3-10-6-14(23-9(10)2)16(21)22-8-15(20)19-13-5-4-11(17)7-12(13)18/h4-7H,3,8H2,1-2H3,(H,19,20). The third kappa shape index (κ3) is 4.70. The molecule has 0 saturated carbocycles. The summed E-state index contributed by atoms with van der Waals surface area (Å²) in [5.41, 5.74) is 1.52. The third-order valence-corrected chi connectivity index (χ3v) is 4.76. The van der Waals surface area contributed by atoms with Crippen molar-refractivity contribution in [1.29, 1.82) is 0 Å². The van der Waals surface area contributed by atoms with Gasteiger partial charge in [0, 0.05) is 9.90 Å². The summed E-state index contributed by atoms with van der Waals surface area (Å²) >= 11 is 13.1. The van der Waals surface area contributed by atoms with Crippen LogP contribution >= 0.6 is 34.5 Å². The molecule has 2 rings (SSSR count). The minimum atomic E-state index is -0.504. The number of nitrogens with one attached hydrogen (secondary N) is 1. The molecule has 2 aromatic rings. The number of halogens is 2. The van der Waals surface area contributed by atoms with Gasteiger partial charge in [0.1, 0.15) is 4.88 Å². The van der Waals surface area contributed by atoms with E-state index < -0.39 is 11.9 Å². The van der Waals surface area contributed by atoms with E-state index in [9.17, 15) is 9.59 Å². The number of carbonyl (C=O) groups excluding carboxylic acids is 2. The lowest BCUT2D eigenvalue weighted by Crippen LogP contribution is -2.20. The van der Waals surface area contributed by atoms with Crippen LogP contribution < -0.4 is 5.32 Å². The van der Waals surface area contributed by atoms with Crippen LogP contribution in [-0.2, 0) is 16.0 Å². The lowest BCUT2D eigenvalue weighted by Gasteiger charge is -2.07. The highest BCUT2D eigenvalue weighted by atomic mass is 35.5. The molecule has 4 nitrogen and oxygen atoms in total. The van der Waals surface area contributed by atoms with E-state index in [1.807, 2.05) is 13.8 Å². The fourth-order valence-corrected chi connectivity index (χ4v) is 3.41. The van der Waals surface area contributed by atoms with E-state index in [-0.39, 0.29) is 6.61 Å². The van der Waals surface area contributed by atoms with Crippen LogP contribution in [-0.4, -0.2) is 18.5 Å². The highest BCUT2D eigenvalue weighted by molar-refractivity contribution is 7.14. The van der Waals surface area contributed by atoms with Gasteiger partial charge in [0.15, 0.2) is 6.61 Å². The molecule has 1 amide bonds. The van der Waals surface area contributed by atoms with Crippen molar-refractivity contribution in [2.75, 3.05) is 11.9 Å². The Bertz CT molecular complexity index is 743. The van der Waals surface area contributed by atoms with Crippen molar-refractivity contribution in [3.63, 3.8) is 0 Å². The average Bonchev–Trinajstić information content (AvgIpc) is 2.89. The number of amides is 1. The van der Waals surface area contributed by atoms with Crippen molar-refractivity contribution in [2.45, 2.75) is 20.3 Å². The summed E-state index contributed by atoms with van der Waals surface area (Å²) in [5.74, 6) is -0.971. The number of hydrogen-bond donors (Lipinski definition) is 1. The summed E-state index contributed by atoms with van der Waals surface area (Å²) < 4.78 is 5.03. The maximum Gasteiger partial charge on any atom is 0.348 e. The fourth-order valence-electron chi connectivity index (χ4n) is 1.95. The molecule has 0 aliphatic rings. The summed E-state index contributed by atoms with van der Waals surface area (Å²) in [6, 6.07) is 6.51. The Morgan fingerprint density at radius 3 is 2.61 bits per heavy atom. The topological polar surface area (TPSA) is 55.4 Å². The summed E-state index contributed by atoms with van der Waals surface area (Å²) in [4.78, 5) is 25.4. The van der Waals surface area contributed by atoms with Gasteiger partial charge in [0.2, 0.25) is 0 Å². The zero-order valence-corrected chi connectivity index (χ0v) is 14.9. The second kappa shape index (κ2) is 7.81. The maximum absolute atomic E-state index is 12.0. The van der Waals surface area contributed by atoms with E-state index in [1.165, 1.54) is 17.4 Å². The van der Waals surface area contributed by atoms with E-state index in [0.717, 1.165) is 16.9 Å². The molecule has 0 radical (unpaired) electrons. The van der Waals surface area contributed by atoms with Crippen molar-refractivity contribution >= 4 is 52.1 Å². The van der Waals surface area contributed by atoms with E-state index in [0.29, 0.717) is 20.6 Å². The van der Waals surface area contributed by atoms with Crippen LogP contribution in [0.3, 0.4) is 0 Å². The average molecular weight is 372 g/mol. The molecule has 7 heteroatoms. The first kappa shape index (κ1) is 17.8. The minimum Gasteiger partial charge on any atom is -0.451 e. The predicted octanol–water partition coefficient (Wildman–Crippen LogP) is 4.72. The molecule has 0 aliphatic carbocycles. The van der Waals surface area contributed by atoms with Gasteiger partial charge in [0.25, 0.3) is 5.91 Å². The predicted molar refractivity (Wildman–Crippen MR) is 93.8 cm³/mol.